The molecule has 0 saturated carbocycles. The van der Waals surface area contributed by atoms with Crippen LogP contribution in [0.15, 0.2) is 12.4 Å². The number of rotatable bonds is 5. The number of carbonyl (C=O) groups is 2. The average Bonchev–Trinajstić information content (AvgIpc) is 2.67. The van der Waals surface area contributed by atoms with Gasteiger partial charge in [0.2, 0.25) is 0 Å². The highest BCUT2D eigenvalue weighted by atomic mass is 16.6. The van der Waals surface area contributed by atoms with Crippen LogP contribution in [-0.2, 0) is 16.0 Å². The van der Waals surface area contributed by atoms with Crippen LogP contribution in [0.4, 0.5) is 4.79 Å². The van der Waals surface area contributed by atoms with Crippen molar-refractivity contribution >= 4 is 12.1 Å². The smallest absolute Gasteiger partial charge is 0.407 e. The Labute approximate surface area is 131 Å². The Bertz CT molecular complexity index is 529. The molecule has 22 heavy (non-hydrogen) atoms. The van der Waals surface area contributed by atoms with E-state index in [4.69, 9.17) is 9.47 Å². The second-order valence-corrected chi connectivity index (χ2v) is 6.32. The Hall–Kier alpha value is -1.98. The molecule has 1 amide bonds. The van der Waals surface area contributed by atoms with E-state index < -0.39 is 11.7 Å². The third kappa shape index (κ3) is 5.79. The molecule has 0 radical (unpaired) electrons. The van der Waals surface area contributed by atoms with Gasteiger partial charge < -0.3 is 19.4 Å². The van der Waals surface area contributed by atoms with Crippen molar-refractivity contribution in [2.24, 2.45) is 0 Å². The molecular formula is C16H26N2O4. The normalized spacial score (nSPS) is 12.6. The Morgan fingerprint density at radius 3 is 2.50 bits per heavy atom. The van der Waals surface area contributed by atoms with Crippen molar-refractivity contribution in [2.45, 2.75) is 59.7 Å². The molecule has 0 saturated heterocycles. The number of hydrogen-bond donors (Lipinski definition) is 1. The molecule has 0 spiro atoms. The molecule has 0 bridgehead atoms. The third-order valence-electron chi connectivity index (χ3n) is 2.82. The number of aryl methyl sites for hydroxylation is 1. The third-order valence-corrected chi connectivity index (χ3v) is 2.82. The summed E-state index contributed by atoms with van der Waals surface area (Å²) in [6.07, 6.45) is 3.15. The van der Waals surface area contributed by atoms with E-state index in [1.54, 1.807) is 13.1 Å². The fourth-order valence-electron chi connectivity index (χ4n) is 2.02. The van der Waals surface area contributed by atoms with Crippen molar-refractivity contribution in [3.63, 3.8) is 0 Å². The van der Waals surface area contributed by atoms with Gasteiger partial charge in [-0.15, -0.1) is 0 Å². The van der Waals surface area contributed by atoms with Crippen LogP contribution in [0.1, 0.15) is 50.5 Å². The van der Waals surface area contributed by atoms with Crippen molar-refractivity contribution in [2.75, 3.05) is 6.61 Å². The van der Waals surface area contributed by atoms with E-state index in [0.29, 0.717) is 18.7 Å². The number of aromatic nitrogens is 1. The zero-order valence-corrected chi connectivity index (χ0v) is 14.2. The number of alkyl carbamates (subject to hydrolysis) is 1. The lowest BCUT2D eigenvalue weighted by Crippen LogP contribution is -2.39. The molecule has 0 aliphatic heterocycles. The van der Waals surface area contributed by atoms with Gasteiger partial charge in [0.05, 0.1) is 12.2 Å². The van der Waals surface area contributed by atoms with E-state index in [2.05, 4.69) is 5.32 Å². The highest BCUT2D eigenvalue weighted by Gasteiger charge is 2.18. The first kappa shape index (κ1) is 18.1. The Morgan fingerprint density at radius 2 is 1.95 bits per heavy atom. The van der Waals surface area contributed by atoms with Gasteiger partial charge in [-0.3, -0.25) is 0 Å². The zero-order valence-electron chi connectivity index (χ0n) is 14.2. The summed E-state index contributed by atoms with van der Waals surface area (Å²) in [5, 5.41) is 2.77. The van der Waals surface area contributed by atoms with E-state index in [1.165, 1.54) is 0 Å². The van der Waals surface area contributed by atoms with Gasteiger partial charge in [0.25, 0.3) is 0 Å². The standard InChI is InChI=1S/C16H26N2O4/c1-7-21-14(19)13-10-18(8-11(13)2)9-12(3)17-15(20)22-16(4,5)6/h8,10,12H,7,9H2,1-6H3,(H,17,20)/t12-/m0/s1. The molecule has 0 aliphatic carbocycles. The molecule has 0 fully saturated rings. The summed E-state index contributed by atoms with van der Waals surface area (Å²) in [6.45, 7) is 11.9. The molecule has 6 heteroatoms. The average molecular weight is 310 g/mol. The summed E-state index contributed by atoms with van der Waals surface area (Å²) in [7, 11) is 0. The molecule has 0 aliphatic rings. The summed E-state index contributed by atoms with van der Waals surface area (Å²) in [6, 6.07) is -0.128. The maximum Gasteiger partial charge on any atom is 0.407 e. The molecule has 1 aromatic heterocycles. The number of amides is 1. The highest BCUT2D eigenvalue weighted by molar-refractivity contribution is 5.90. The van der Waals surface area contributed by atoms with E-state index in [0.717, 1.165) is 5.56 Å². The first-order chi connectivity index (χ1) is 10.1. The van der Waals surface area contributed by atoms with Crippen LogP contribution in [0.3, 0.4) is 0 Å². The van der Waals surface area contributed by atoms with Gasteiger partial charge in [-0.2, -0.15) is 0 Å². The molecule has 1 aromatic rings. The molecule has 6 nitrogen and oxygen atoms in total. The number of esters is 1. The molecule has 1 heterocycles. The highest BCUT2D eigenvalue weighted by Crippen LogP contribution is 2.12. The Kier molecular flexibility index (Phi) is 6.02. The minimum atomic E-state index is -0.523. The van der Waals surface area contributed by atoms with Crippen LogP contribution in [-0.4, -0.2) is 34.9 Å². The molecule has 124 valence electrons. The summed E-state index contributed by atoms with van der Waals surface area (Å²) < 4.78 is 12.1. The second kappa shape index (κ2) is 7.33. The van der Waals surface area contributed by atoms with Gasteiger partial charge in [-0.05, 0) is 47.1 Å². The van der Waals surface area contributed by atoms with Crippen molar-refractivity contribution in [1.29, 1.82) is 0 Å². The van der Waals surface area contributed by atoms with Gasteiger partial charge in [0, 0.05) is 25.0 Å². The number of nitrogens with one attached hydrogen (secondary N) is 1. The number of nitrogens with zero attached hydrogens (tertiary/aromatic N) is 1. The summed E-state index contributed by atoms with van der Waals surface area (Å²) in [5.74, 6) is -0.327. The SMILES string of the molecule is CCOC(=O)c1cn(C[C@H](C)NC(=O)OC(C)(C)C)cc1C. The number of hydrogen-bond acceptors (Lipinski definition) is 4. The topological polar surface area (TPSA) is 69.6 Å². The van der Waals surface area contributed by atoms with Gasteiger partial charge in [-0.1, -0.05) is 0 Å². The van der Waals surface area contributed by atoms with Crippen LogP contribution in [0.5, 0.6) is 0 Å². The predicted octanol–water partition coefficient (Wildman–Crippen LogP) is 2.89. The van der Waals surface area contributed by atoms with E-state index in [1.807, 2.05) is 45.4 Å². The van der Waals surface area contributed by atoms with Crippen molar-refractivity contribution in [1.82, 2.24) is 9.88 Å². The minimum Gasteiger partial charge on any atom is -0.462 e. The first-order valence-corrected chi connectivity index (χ1v) is 7.45. The van der Waals surface area contributed by atoms with Crippen LogP contribution in [0.25, 0.3) is 0 Å². The van der Waals surface area contributed by atoms with E-state index in [-0.39, 0.29) is 12.0 Å². The first-order valence-electron chi connectivity index (χ1n) is 7.45. The van der Waals surface area contributed by atoms with Crippen LogP contribution < -0.4 is 5.32 Å². The summed E-state index contributed by atoms with van der Waals surface area (Å²) >= 11 is 0. The molecule has 1 atom stereocenters. The largest absolute Gasteiger partial charge is 0.462 e. The quantitative estimate of drug-likeness (QED) is 0.849. The van der Waals surface area contributed by atoms with E-state index in [9.17, 15) is 9.59 Å². The van der Waals surface area contributed by atoms with Crippen LogP contribution in [0.2, 0.25) is 0 Å². The summed E-state index contributed by atoms with van der Waals surface area (Å²) in [4.78, 5) is 23.5. The number of carbonyl (C=O) groups excluding carboxylic acids is 2. The van der Waals surface area contributed by atoms with Gasteiger partial charge >= 0.3 is 12.1 Å². The Balaban J connectivity index is 2.62. The maximum atomic E-state index is 11.8. The maximum absolute atomic E-state index is 11.8. The molecule has 0 aromatic carbocycles. The van der Waals surface area contributed by atoms with Crippen molar-refractivity contribution < 1.29 is 19.1 Å². The van der Waals surface area contributed by atoms with Gasteiger partial charge in [0.1, 0.15) is 5.60 Å². The fraction of sp³-hybridized carbons (Fsp3) is 0.625. The minimum absolute atomic E-state index is 0.128. The van der Waals surface area contributed by atoms with Crippen LogP contribution in [0, 0.1) is 6.92 Å². The monoisotopic (exact) mass is 310 g/mol. The van der Waals surface area contributed by atoms with Crippen molar-refractivity contribution in [3.8, 4) is 0 Å². The van der Waals surface area contributed by atoms with Crippen LogP contribution >= 0.6 is 0 Å². The fourth-order valence-corrected chi connectivity index (χ4v) is 2.02. The molecule has 0 unspecified atom stereocenters. The van der Waals surface area contributed by atoms with Gasteiger partial charge in [-0.25, -0.2) is 9.59 Å². The molecule has 1 N–H and O–H groups in total. The lowest BCUT2D eigenvalue weighted by Gasteiger charge is -2.22. The predicted molar refractivity (Wildman–Crippen MR) is 84.0 cm³/mol. The number of ether oxygens (including phenoxy) is 2. The summed E-state index contributed by atoms with van der Waals surface area (Å²) in [5.41, 5.74) is 0.875. The molecule has 1 rings (SSSR count). The second-order valence-electron chi connectivity index (χ2n) is 6.32. The van der Waals surface area contributed by atoms with E-state index >= 15 is 0 Å². The lowest BCUT2D eigenvalue weighted by molar-refractivity contribution is 0.0498. The lowest BCUT2D eigenvalue weighted by atomic mass is 10.2. The zero-order chi connectivity index (χ0) is 16.9. The molecular weight excluding hydrogens is 284 g/mol. The Morgan fingerprint density at radius 1 is 1.32 bits per heavy atom. The van der Waals surface area contributed by atoms with Gasteiger partial charge in [0.15, 0.2) is 0 Å². The van der Waals surface area contributed by atoms with Crippen molar-refractivity contribution in [3.05, 3.63) is 23.5 Å².